The minimum absolute atomic E-state index is 0.00949. The molecule has 1 aliphatic carbocycles. The average molecular weight is 394 g/mol. The third-order valence-electron chi connectivity index (χ3n) is 6.27. The molecular weight excluding hydrogens is 367 g/mol. The summed E-state index contributed by atoms with van der Waals surface area (Å²) in [5, 5.41) is 2.95. The lowest BCUT2D eigenvalue weighted by atomic mass is 9.80. The Morgan fingerprint density at radius 1 is 1.00 bits per heavy atom. The number of carbonyl (C=O) groups excluding carboxylic acids is 2. The van der Waals surface area contributed by atoms with E-state index in [1.165, 1.54) is 17.7 Å². The van der Waals surface area contributed by atoms with Gasteiger partial charge in [0.15, 0.2) is 0 Å². The summed E-state index contributed by atoms with van der Waals surface area (Å²) in [4.78, 5) is 27.7. The van der Waals surface area contributed by atoms with Crippen molar-refractivity contribution in [3.05, 3.63) is 65.5 Å². The molecule has 2 aromatic carbocycles. The van der Waals surface area contributed by atoms with Gasteiger partial charge in [-0.05, 0) is 68.4 Å². The first-order valence-electron chi connectivity index (χ1n) is 10.5. The van der Waals surface area contributed by atoms with E-state index in [2.05, 4.69) is 18.3 Å². The summed E-state index contributed by atoms with van der Waals surface area (Å²) >= 11 is 0. The van der Waals surface area contributed by atoms with Gasteiger partial charge in [0.2, 0.25) is 11.8 Å². The largest absolute Gasteiger partial charge is 0.352 e. The number of halogens is 1. The number of amides is 2. The van der Waals surface area contributed by atoms with E-state index in [0.717, 1.165) is 43.4 Å². The van der Waals surface area contributed by atoms with Gasteiger partial charge in [-0.25, -0.2) is 4.39 Å². The van der Waals surface area contributed by atoms with Gasteiger partial charge in [0.1, 0.15) is 5.82 Å². The molecule has 2 aromatic rings. The highest BCUT2D eigenvalue weighted by Gasteiger charge is 2.37. The average Bonchev–Trinajstić information content (AvgIpc) is 3.08. The Balaban J connectivity index is 1.30. The van der Waals surface area contributed by atoms with Gasteiger partial charge in [-0.3, -0.25) is 9.59 Å². The number of benzene rings is 2. The third kappa shape index (κ3) is 4.19. The number of carbonyl (C=O) groups is 2. The number of nitrogens with one attached hydrogen (secondary N) is 1. The fourth-order valence-corrected chi connectivity index (χ4v) is 4.64. The van der Waals surface area contributed by atoms with Crippen molar-refractivity contribution in [1.29, 1.82) is 0 Å². The second kappa shape index (κ2) is 8.36. The number of para-hydroxylation sites is 1. The molecule has 4 nitrogen and oxygen atoms in total. The van der Waals surface area contributed by atoms with Crippen molar-refractivity contribution >= 4 is 17.5 Å². The SMILES string of the molecule is CC1Cc2ccccc2N1C(=O)C1CCC(C(=O)NCc2ccc(F)cc2)CC1. The zero-order valence-electron chi connectivity index (χ0n) is 16.7. The van der Waals surface area contributed by atoms with Gasteiger partial charge in [0.05, 0.1) is 0 Å². The van der Waals surface area contributed by atoms with Crippen LogP contribution in [0.15, 0.2) is 48.5 Å². The highest BCUT2D eigenvalue weighted by molar-refractivity contribution is 5.97. The van der Waals surface area contributed by atoms with E-state index in [1.807, 2.05) is 23.1 Å². The maximum Gasteiger partial charge on any atom is 0.230 e. The van der Waals surface area contributed by atoms with E-state index in [9.17, 15) is 14.0 Å². The number of hydrogen-bond donors (Lipinski definition) is 1. The lowest BCUT2D eigenvalue weighted by Crippen LogP contribution is -2.42. The summed E-state index contributed by atoms with van der Waals surface area (Å²) in [6, 6.07) is 14.5. The number of nitrogens with zero attached hydrogens (tertiary/aromatic N) is 1. The van der Waals surface area contributed by atoms with E-state index >= 15 is 0 Å². The van der Waals surface area contributed by atoms with Gasteiger partial charge in [-0.1, -0.05) is 30.3 Å². The number of rotatable bonds is 4. The Hall–Kier alpha value is -2.69. The number of fused-ring (bicyclic) bond motifs is 1. The van der Waals surface area contributed by atoms with Crippen molar-refractivity contribution in [3.8, 4) is 0 Å². The molecule has 1 N–H and O–H groups in total. The zero-order chi connectivity index (χ0) is 20.4. The van der Waals surface area contributed by atoms with Crippen LogP contribution in [0.3, 0.4) is 0 Å². The minimum Gasteiger partial charge on any atom is -0.352 e. The van der Waals surface area contributed by atoms with Gasteiger partial charge in [0, 0.05) is 30.1 Å². The van der Waals surface area contributed by atoms with E-state index in [0.29, 0.717) is 6.54 Å². The van der Waals surface area contributed by atoms with Crippen molar-refractivity contribution in [2.24, 2.45) is 11.8 Å². The zero-order valence-corrected chi connectivity index (χ0v) is 16.7. The van der Waals surface area contributed by atoms with Crippen molar-refractivity contribution in [1.82, 2.24) is 5.32 Å². The summed E-state index contributed by atoms with van der Waals surface area (Å²) < 4.78 is 13.0. The molecule has 152 valence electrons. The third-order valence-corrected chi connectivity index (χ3v) is 6.27. The summed E-state index contributed by atoms with van der Waals surface area (Å²) in [5.74, 6) is -0.113. The maximum atomic E-state index is 13.2. The van der Waals surface area contributed by atoms with Crippen molar-refractivity contribution in [2.45, 2.75) is 51.6 Å². The van der Waals surface area contributed by atoms with Gasteiger partial charge in [-0.15, -0.1) is 0 Å². The van der Waals surface area contributed by atoms with Gasteiger partial charge in [0.25, 0.3) is 0 Å². The van der Waals surface area contributed by atoms with Crippen molar-refractivity contribution in [2.75, 3.05) is 4.90 Å². The first-order chi connectivity index (χ1) is 14.0. The van der Waals surface area contributed by atoms with Crippen LogP contribution in [-0.4, -0.2) is 17.9 Å². The molecule has 1 saturated carbocycles. The number of hydrogen-bond acceptors (Lipinski definition) is 2. The highest BCUT2D eigenvalue weighted by atomic mass is 19.1. The lowest BCUT2D eigenvalue weighted by molar-refractivity contribution is -0.129. The van der Waals surface area contributed by atoms with Gasteiger partial charge in [-0.2, -0.15) is 0 Å². The molecule has 5 heteroatoms. The molecule has 4 rings (SSSR count). The second-order valence-corrected chi connectivity index (χ2v) is 8.28. The molecule has 0 saturated heterocycles. The summed E-state index contributed by atoms with van der Waals surface area (Å²) in [6.07, 6.45) is 3.87. The summed E-state index contributed by atoms with van der Waals surface area (Å²) in [6.45, 7) is 2.51. The predicted octanol–water partition coefficient (Wildman–Crippen LogP) is 4.23. The van der Waals surface area contributed by atoms with Crippen LogP contribution >= 0.6 is 0 Å². The van der Waals surface area contributed by atoms with Crippen LogP contribution in [0, 0.1) is 17.7 Å². The first-order valence-corrected chi connectivity index (χ1v) is 10.5. The smallest absolute Gasteiger partial charge is 0.230 e. The van der Waals surface area contributed by atoms with E-state index in [4.69, 9.17) is 0 Å². The molecule has 1 fully saturated rings. The molecular formula is C24H27FN2O2. The maximum absolute atomic E-state index is 13.2. The Labute approximate surface area is 171 Å². The summed E-state index contributed by atoms with van der Waals surface area (Å²) in [5.41, 5.74) is 3.16. The van der Waals surface area contributed by atoms with Crippen molar-refractivity contribution in [3.63, 3.8) is 0 Å². The molecule has 0 spiro atoms. The van der Waals surface area contributed by atoms with Crippen LogP contribution in [-0.2, 0) is 22.6 Å². The van der Waals surface area contributed by atoms with E-state index < -0.39 is 0 Å². The van der Waals surface area contributed by atoms with E-state index in [-0.39, 0.29) is 35.5 Å². The molecule has 2 aliphatic rings. The summed E-state index contributed by atoms with van der Waals surface area (Å²) in [7, 11) is 0. The normalized spacial score (nSPS) is 23.5. The van der Waals surface area contributed by atoms with Crippen LogP contribution in [0.25, 0.3) is 0 Å². The van der Waals surface area contributed by atoms with E-state index in [1.54, 1.807) is 12.1 Å². The van der Waals surface area contributed by atoms with Gasteiger partial charge < -0.3 is 10.2 Å². The fraction of sp³-hybridized carbons (Fsp3) is 0.417. The Morgan fingerprint density at radius 3 is 2.38 bits per heavy atom. The Bertz CT molecular complexity index is 888. The molecule has 0 aromatic heterocycles. The molecule has 0 bridgehead atoms. The fourth-order valence-electron chi connectivity index (χ4n) is 4.64. The highest BCUT2D eigenvalue weighted by Crippen LogP contribution is 2.37. The monoisotopic (exact) mass is 394 g/mol. The topological polar surface area (TPSA) is 49.4 Å². The molecule has 29 heavy (non-hydrogen) atoms. The Kier molecular flexibility index (Phi) is 5.65. The number of anilines is 1. The molecule has 1 atom stereocenters. The minimum atomic E-state index is -0.280. The second-order valence-electron chi connectivity index (χ2n) is 8.28. The van der Waals surface area contributed by atoms with Crippen LogP contribution in [0.4, 0.5) is 10.1 Å². The van der Waals surface area contributed by atoms with Crippen LogP contribution in [0.1, 0.15) is 43.7 Å². The standard InChI is InChI=1S/C24H27FN2O2/c1-16-14-20-4-2-3-5-22(20)27(16)24(29)19-10-8-18(9-11-19)23(28)26-15-17-6-12-21(25)13-7-17/h2-7,12-13,16,18-19H,8-11,14-15H2,1H3,(H,26,28). The van der Waals surface area contributed by atoms with Crippen LogP contribution in [0.2, 0.25) is 0 Å². The molecule has 1 unspecified atom stereocenters. The van der Waals surface area contributed by atoms with Gasteiger partial charge >= 0.3 is 0 Å². The lowest BCUT2D eigenvalue weighted by Gasteiger charge is -2.32. The first kappa shape index (κ1) is 19.6. The van der Waals surface area contributed by atoms with Crippen molar-refractivity contribution < 1.29 is 14.0 Å². The molecule has 1 aliphatic heterocycles. The Morgan fingerprint density at radius 2 is 1.66 bits per heavy atom. The quantitative estimate of drug-likeness (QED) is 0.844. The van der Waals surface area contributed by atoms with Crippen LogP contribution in [0.5, 0.6) is 0 Å². The molecule has 1 heterocycles. The van der Waals surface area contributed by atoms with Crippen LogP contribution < -0.4 is 10.2 Å². The molecule has 2 amide bonds. The molecule has 0 radical (unpaired) electrons. The predicted molar refractivity (Wildman–Crippen MR) is 111 cm³/mol.